The van der Waals surface area contributed by atoms with Gasteiger partial charge >= 0.3 is 0 Å². The molecule has 0 spiro atoms. The van der Waals surface area contributed by atoms with Crippen LogP contribution in [0.2, 0.25) is 0 Å². The molecule has 100 valence electrons. The zero-order valence-electron chi connectivity index (χ0n) is 11.4. The van der Waals surface area contributed by atoms with Crippen molar-refractivity contribution >= 4 is 0 Å². The van der Waals surface area contributed by atoms with Crippen LogP contribution in [0.15, 0.2) is 41.1 Å². The molecule has 0 N–H and O–H groups in total. The van der Waals surface area contributed by atoms with Gasteiger partial charge in [-0.2, -0.15) is 0 Å². The second-order valence-corrected chi connectivity index (χ2v) is 5.28. The number of piperidine rings is 1. The van der Waals surface area contributed by atoms with Gasteiger partial charge in [0.2, 0.25) is 0 Å². The average Bonchev–Trinajstić information content (AvgIpc) is 2.86. The summed E-state index contributed by atoms with van der Waals surface area (Å²) in [5, 5.41) is 0. The second kappa shape index (κ2) is 5.57. The average molecular weight is 256 g/mol. The molecule has 1 saturated heterocycles. The normalized spacial score (nSPS) is 20.6. The first-order valence-corrected chi connectivity index (χ1v) is 7.02. The monoisotopic (exact) mass is 256 g/mol. The summed E-state index contributed by atoms with van der Waals surface area (Å²) >= 11 is 0. The zero-order valence-corrected chi connectivity index (χ0v) is 11.4. The summed E-state index contributed by atoms with van der Waals surface area (Å²) in [5.41, 5.74) is 1.32. The molecular formula is C16H20N2O. The van der Waals surface area contributed by atoms with E-state index in [1.165, 1.54) is 24.8 Å². The maximum atomic E-state index is 5.71. The Labute approximate surface area is 114 Å². The second-order valence-electron chi connectivity index (χ2n) is 5.28. The Balaban J connectivity index is 1.77. The van der Waals surface area contributed by atoms with Crippen molar-refractivity contribution in [2.45, 2.75) is 38.8 Å². The van der Waals surface area contributed by atoms with E-state index in [9.17, 15) is 0 Å². The van der Waals surface area contributed by atoms with Gasteiger partial charge < -0.3 is 4.42 Å². The molecule has 1 aliphatic rings. The van der Waals surface area contributed by atoms with Crippen LogP contribution in [0.1, 0.15) is 42.4 Å². The Hall–Kier alpha value is -1.61. The molecule has 1 fully saturated rings. The summed E-state index contributed by atoms with van der Waals surface area (Å²) < 4.78 is 5.71. The van der Waals surface area contributed by atoms with Crippen molar-refractivity contribution in [2.24, 2.45) is 0 Å². The Morgan fingerprint density at radius 3 is 3.00 bits per heavy atom. The van der Waals surface area contributed by atoms with E-state index in [2.05, 4.69) is 22.0 Å². The van der Waals surface area contributed by atoms with Crippen LogP contribution in [0.25, 0.3) is 0 Å². The SMILES string of the molecule is Cc1ccc(CN2CCCC[C@H]2c2cccnc2)o1. The van der Waals surface area contributed by atoms with Gasteiger partial charge in [0.25, 0.3) is 0 Å². The molecule has 1 aliphatic heterocycles. The van der Waals surface area contributed by atoms with Crippen molar-refractivity contribution in [3.05, 3.63) is 53.7 Å². The standard InChI is InChI=1S/C16H20N2O/c1-13-7-8-15(19-13)12-18-10-3-2-6-16(18)14-5-4-9-17-11-14/h4-5,7-9,11,16H,2-3,6,10,12H2,1H3/t16-/m0/s1. The quantitative estimate of drug-likeness (QED) is 0.838. The van der Waals surface area contributed by atoms with E-state index in [4.69, 9.17) is 4.42 Å². The van der Waals surface area contributed by atoms with Gasteiger partial charge in [-0.3, -0.25) is 9.88 Å². The molecule has 0 unspecified atom stereocenters. The largest absolute Gasteiger partial charge is 0.465 e. The van der Waals surface area contributed by atoms with Gasteiger partial charge in [-0.1, -0.05) is 12.5 Å². The van der Waals surface area contributed by atoms with Gasteiger partial charge in [0.15, 0.2) is 0 Å². The number of rotatable bonds is 3. The molecule has 0 aromatic carbocycles. The lowest BCUT2D eigenvalue weighted by Gasteiger charge is -2.35. The molecule has 3 rings (SSSR count). The van der Waals surface area contributed by atoms with E-state index in [1.54, 1.807) is 0 Å². The summed E-state index contributed by atoms with van der Waals surface area (Å²) in [5.74, 6) is 2.05. The lowest BCUT2D eigenvalue weighted by molar-refractivity contribution is 0.129. The smallest absolute Gasteiger partial charge is 0.118 e. The molecular weight excluding hydrogens is 236 g/mol. The Morgan fingerprint density at radius 2 is 2.26 bits per heavy atom. The molecule has 0 aliphatic carbocycles. The van der Waals surface area contributed by atoms with Crippen LogP contribution in [0.5, 0.6) is 0 Å². The number of nitrogens with zero attached hydrogens (tertiary/aromatic N) is 2. The molecule has 2 aromatic rings. The van der Waals surface area contributed by atoms with Crippen LogP contribution in [0.3, 0.4) is 0 Å². The summed E-state index contributed by atoms with van der Waals surface area (Å²) in [6.07, 6.45) is 7.62. The number of hydrogen-bond donors (Lipinski definition) is 0. The number of furan rings is 1. The van der Waals surface area contributed by atoms with Crippen LogP contribution >= 0.6 is 0 Å². The predicted octanol–water partition coefficient (Wildman–Crippen LogP) is 3.71. The maximum Gasteiger partial charge on any atom is 0.118 e. The number of aromatic nitrogens is 1. The molecule has 3 heterocycles. The molecule has 0 radical (unpaired) electrons. The summed E-state index contributed by atoms with van der Waals surface area (Å²) in [4.78, 5) is 6.77. The molecule has 19 heavy (non-hydrogen) atoms. The molecule has 0 bridgehead atoms. The van der Waals surface area contributed by atoms with Gasteiger partial charge in [-0.15, -0.1) is 0 Å². The third-order valence-corrected chi connectivity index (χ3v) is 3.84. The molecule has 0 saturated carbocycles. The lowest BCUT2D eigenvalue weighted by atomic mass is 9.96. The van der Waals surface area contributed by atoms with E-state index in [0.29, 0.717) is 6.04 Å². The first-order valence-electron chi connectivity index (χ1n) is 7.02. The molecule has 2 aromatic heterocycles. The Bertz CT molecular complexity index is 521. The van der Waals surface area contributed by atoms with Crippen LogP contribution in [-0.4, -0.2) is 16.4 Å². The number of aryl methyl sites for hydroxylation is 1. The number of likely N-dealkylation sites (tertiary alicyclic amines) is 1. The minimum Gasteiger partial charge on any atom is -0.465 e. The van der Waals surface area contributed by atoms with E-state index >= 15 is 0 Å². The third kappa shape index (κ3) is 2.87. The van der Waals surface area contributed by atoms with E-state index < -0.39 is 0 Å². The van der Waals surface area contributed by atoms with Crippen molar-refractivity contribution in [3.63, 3.8) is 0 Å². The minimum absolute atomic E-state index is 0.479. The highest BCUT2D eigenvalue weighted by Gasteiger charge is 2.24. The van der Waals surface area contributed by atoms with Gasteiger partial charge in [-0.25, -0.2) is 0 Å². The van der Waals surface area contributed by atoms with Gasteiger partial charge in [0.1, 0.15) is 11.5 Å². The molecule has 3 nitrogen and oxygen atoms in total. The minimum atomic E-state index is 0.479. The Morgan fingerprint density at radius 1 is 1.32 bits per heavy atom. The zero-order chi connectivity index (χ0) is 13.1. The molecule has 3 heteroatoms. The number of pyridine rings is 1. The molecule has 1 atom stereocenters. The summed E-state index contributed by atoms with van der Waals surface area (Å²) in [6, 6.07) is 8.82. The van der Waals surface area contributed by atoms with E-state index in [-0.39, 0.29) is 0 Å². The highest BCUT2D eigenvalue weighted by atomic mass is 16.3. The first-order chi connectivity index (χ1) is 9.33. The van der Waals surface area contributed by atoms with Crippen molar-refractivity contribution < 1.29 is 4.42 Å². The predicted molar refractivity (Wildman–Crippen MR) is 74.7 cm³/mol. The topological polar surface area (TPSA) is 29.3 Å². The van der Waals surface area contributed by atoms with E-state index in [0.717, 1.165) is 24.6 Å². The van der Waals surface area contributed by atoms with Crippen LogP contribution in [0, 0.1) is 6.92 Å². The highest BCUT2D eigenvalue weighted by molar-refractivity contribution is 5.15. The van der Waals surface area contributed by atoms with Crippen molar-refractivity contribution in [1.29, 1.82) is 0 Å². The summed E-state index contributed by atoms with van der Waals surface area (Å²) in [6.45, 7) is 4.03. The van der Waals surface area contributed by atoms with Gasteiger partial charge in [0.05, 0.1) is 6.54 Å². The maximum absolute atomic E-state index is 5.71. The van der Waals surface area contributed by atoms with Crippen molar-refractivity contribution in [3.8, 4) is 0 Å². The highest BCUT2D eigenvalue weighted by Crippen LogP contribution is 2.31. The fourth-order valence-corrected chi connectivity index (χ4v) is 2.90. The summed E-state index contributed by atoms with van der Waals surface area (Å²) in [7, 11) is 0. The van der Waals surface area contributed by atoms with Crippen LogP contribution in [-0.2, 0) is 6.54 Å². The molecule has 0 amide bonds. The lowest BCUT2D eigenvalue weighted by Crippen LogP contribution is -2.32. The van der Waals surface area contributed by atoms with Crippen molar-refractivity contribution in [2.75, 3.05) is 6.54 Å². The van der Waals surface area contributed by atoms with Gasteiger partial charge in [0, 0.05) is 18.4 Å². The third-order valence-electron chi connectivity index (χ3n) is 3.84. The van der Waals surface area contributed by atoms with Crippen LogP contribution in [0.4, 0.5) is 0 Å². The fraction of sp³-hybridized carbons (Fsp3) is 0.438. The number of hydrogen-bond acceptors (Lipinski definition) is 3. The van der Waals surface area contributed by atoms with Crippen LogP contribution < -0.4 is 0 Å². The van der Waals surface area contributed by atoms with E-state index in [1.807, 2.05) is 31.5 Å². The van der Waals surface area contributed by atoms with Crippen molar-refractivity contribution in [1.82, 2.24) is 9.88 Å². The van der Waals surface area contributed by atoms with Gasteiger partial charge in [-0.05, 0) is 50.1 Å². The Kier molecular flexibility index (Phi) is 3.65. The first kappa shape index (κ1) is 12.4. The fourth-order valence-electron chi connectivity index (χ4n) is 2.90.